The third-order valence-electron chi connectivity index (χ3n) is 1.36. The highest BCUT2D eigenvalue weighted by Crippen LogP contribution is 2.03. The molecule has 0 aliphatic rings. The first kappa shape index (κ1) is 8.70. The van der Waals surface area contributed by atoms with Gasteiger partial charge in [0.05, 0.1) is 0 Å². The third-order valence-corrected chi connectivity index (χ3v) is 1.36. The second kappa shape index (κ2) is 5.83. The highest BCUT2D eigenvalue weighted by Gasteiger charge is 1.97. The molecule has 1 unspecified atom stereocenters. The van der Waals surface area contributed by atoms with Gasteiger partial charge in [0.1, 0.15) is 6.10 Å². The van der Waals surface area contributed by atoms with E-state index in [1.807, 2.05) is 0 Å². The summed E-state index contributed by atoms with van der Waals surface area (Å²) >= 11 is 0. The average Bonchev–Trinajstić information content (AvgIpc) is 1.89. The van der Waals surface area contributed by atoms with E-state index >= 15 is 0 Å². The monoisotopic (exact) mass is 128 g/mol. The highest BCUT2D eigenvalue weighted by atomic mass is 16.3. The predicted octanol–water partition coefficient (Wildman–Crippen LogP) is 2.55. The molecule has 0 spiro atoms. The SMILES string of the molecule is C=CC([O])[13CH2]CCCC. The lowest BCUT2D eigenvalue weighted by Crippen LogP contribution is -1.97. The Morgan fingerprint density at radius 2 is 2.22 bits per heavy atom. The number of unbranched alkanes of at least 4 members (excludes halogenated alkanes) is 2. The van der Waals surface area contributed by atoms with Gasteiger partial charge in [-0.2, -0.15) is 0 Å². The molecule has 0 aliphatic carbocycles. The van der Waals surface area contributed by atoms with Gasteiger partial charge in [-0.3, -0.25) is 0 Å². The Bertz CT molecular complexity index is 69.0. The molecule has 0 fully saturated rings. The van der Waals surface area contributed by atoms with Crippen LogP contribution in [0.25, 0.3) is 0 Å². The molecular weight excluding hydrogens is 113 g/mol. The van der Waals surface area contributed by atoms with E-state index in [0.29, 0.717) is 0 Å². The van der Waals surface area contributed by atoms with Crippen LogP contribution in [0.1, 0.15) is 32.6 Å². The summed E-state index contributed by atoms with van der Waals surface area (Å²) in [6.07, 6.45) is 5.12. The number of hydrogen-bond donors (Lipinski definition) is 0. The van der Waals surface area contributed by atoms with Gasteiger partial charge in [-0.05, 0) is 6.42 Å². The van der Waals surface area contributed by atoms with E-state index in [1.54, 1.807) is 0 Å². The van der Waals surface area contributed by atoms with Gasteiger partial charge in [0.2, 0.25) is 0 Å². The Labute approximate surface area is 57.4 Å². The smallest absolute Gasteiger partial charge is 0.111 e. The molecule has 0 aromatic rings. The lowest BCUT2D eigenvalue weighted by atomic mass is 10.3. The molecule has 0 N–H and O–H groups in total. The third kappa shape index (κ3) is 5.57. The fraction of sp³-hybridized carbons (Fsp3) is 0.750. The molecule has 0 amide bonds. The lowest BCUT2D eigenvalue weighted by molar-refractivity contribution is 0.120. The van der Waals surface area contributed by atoms with Crippen molar-refractivity contribution in [3.05, 3.63) is 12.7 Å². The summed E-state index contributed by atoms with van der Waals surface area (Å²) in [6.45, 7) is 5.56. The van der Waals surface area contributed by atoms with Crippen LogP contribution in [0.4, 0.5) is 0 Å². The molecular formula is C8H15O. The second-order valence-electron chi connectivity index (χ2n) is 2.27. The van der Waals surface area contributed by atoms with E-state index in [1.165, 1.54) is 18.9 Å². The van der Waals surface area contributed by atoms with Gasteiger partial charge in [0, 0.05) is 0 Å². The summed E-state index contributed by atoms with van der Waals surface area (Å²) in [5.74, 6) is 0. The van der Waals surface area contributed by atoms with Crippen molar-refractivity contribution >= 4 is 0 Å². The molecule has 1 radical (unpaired) electrons. The first-order valence-corrected chi connectivity index (χ1v) is 3.59. The van der Waals surface area contributed by atoms with E-state index < -0.39 is 6.10 Å². The number of rotatable bonds is 5. The zero-order valence-corrected chi connectivity index (χ0v) is 6.10. The molecule has 0 bridgehead atoms. The summed E-state index contributed by atoms with van der Waals surface area (Å²) in [6, 6.07) is 0. The molecule has 1 heteroatoms. The molecule has 0 saturated carbocycles. The van der Waals surface area contributed by atoms with E-state index in [9.17, 15) is 5.11 Å². The first-order chi connectivity index (χ1) is 4.31. The number of hydrogen-bond acceptors (Lipinski definition) is 0. The quantitative estimate of drug-likeness (QED) is 0.308. The molecule has 0 aromatic carbocycles. The van der Waals surface area contributed by atoms with Crippen molar-refractivity contribution in [2.24, 2.45) is 0 Å². The predicted molar refractivity (Wildman–Crippen MR) is 38.8 cm³/mol. The lowest BCUT2D eigenvalue weighted by Gasteiger charge is -1.99. The van der Waals surface area contributed by atoms with Crippen molar-refractivity contribution in [3.8, 4) is 0 Å². The van der Waals surface area contributed by atoms with Crippen LogP contribution in [0.3, 0.4) is 0 Å². The fourth-order valence-electron chi connectivity index (χ4n) is 0.713. The molecule has 1 atom stereocenters. The van der Waals surface area contributed by atoms with Crippen LogP contribution >= 0.6 is 0 Å². The zero-order chi connectivity index (χ0) is 7.11. The summed E-state index contributed by atoms with van der Waals surface area (Å²) < 4.78 is 0. The van der Waals surface area contributed by atoms with Crippen LogP contribution in [-0.2, 0) is 5.11 Å². The van der Waals surface area contributed by atoms with Crippen LogP contribution < -0.4 is 0 Å². The maximum absolute atomic E-state index is 10.7. The Kier molecular flexibility index (Phi) is 5.64. The molecule has 0 saturated heterocycles. The van der Waals surface area contributed by atoms with Crippen LogP contribution in [0.2, 0.25) is 0 Å². The Morgan fingerprint density at radius 3 is 2.67 bits per heavy atom. The summed E-state index contributed by atoms with van der Waals surface area (Å²) in [5.41, 5.74) is 0. The van der Waals surface area contributed by atoms with Crippen molar-refractivity contribution in [1.82, 2.24) is 0 Å². The minimum Gasteiger partial charge on any atom is -0.229 e. The van der Waals surface area contributed by atoms with E-state index in [2.05, 4.69) is 13.5 Å². The topological polar surface area (TPSA) is 19.9 Å². The molecule has 1 nitrogen and oxygen atoms in total. The van der Waals surface area contributed by atoms with Crippen molar-refractivity contribution in [3.63, 3.8) is 0 Å². The molecule has 0 rings (SSSR count). The zero-order valence-electron chi connectivity index (χ0n) is 6.10. The van der Waals surface area contributed by atoms with Crippen LogP contribution in [0.15, 0.2) is 12.7 Å². The van der Waals surface area contributed by atoms with Crippen LogP contribution in [-0.4, -0.2) is 6.10 Å². The highest BCUT2D eigenvalue weighted by molar-refractivity contribution is 4.76. The Balaban J connectivity index is 2.96. The molecule has 9 heavy (non-hydrogen) atoms. The van der Waals surface area contributed by atoms with Crippen molar-refractivity contribution in [2.75, 3.05) is 0 Å². The van der Waals surface area contributed by atoms with Crippen molar-refractivity contribution in [1.29, 1.82) is 0 Å². The van der Waals surface area contributed by atoms with Gasteiger partial charge < -0.3 is 0 Å². The molecule has 0 aromatic heterocycles. The van der Waals surface area contributed by atoms with E-state index in [4.69, 9.17) is 0 Å². The van der Waals surface area contributed by atoms with Gasteiger partial charge in [0.25, 0.3) is 0 Å². The maximum atomic E-state index is 10.7. The van der Waals surface area contributed by atoms with E-state index in [0.717, 1.165) is 12.8 Å². The largest absolute Gasteiger partial charge is 0.229 e. The van der Waals surface area contributed by atoms with Crippen LogP contribution in [0.5, 0.6) is 0 Å². The van der Waals surface area contributed by atoms with Gasteiger partial charge in [0.15, 0.2) is 0 Å². The Morgan fingerprint density at radius 1 is 1.56 bits per heavy atom. The van der Waals surface area contributed by atoms with E-state index in [-0.39, 0.29) is 0 Å². The summed E-state index contributed by atoms with van der Waals surface area (Å²) in [7, 11) is 0. The Hall–Kier alpha value is -0.300. The first-order valence-electron chi connectivity index (χ1n) is 3.59. The van der Waals surface area contributed by atoms with Crippen LogP contribution in [0, 0.1) is 0 Å². The van der Waals surface area contributed by atoms with Gasteiger partial charge in [-0.15, -0.1) is 6.58 Å². The van der Waals surface area contributed by atoms with Crippen molar-refractivity contribution in [2.45, 2.75) is 38.7 Å². The standard InChI is InChI=1S/C8H15O/c1-3-5-6-7-8(9)4-2/h4,8H,2-3,5-7H2,1H3/i7+1. The summed E-state index contributed by atoms with van der Waals surface area (Å²) in [4.78, 5) is 0. The van der Waals surface area contributed by atoms with Crippen molar-refractivity contribution < 1.29 is 5.11 Å². The minimum atomic E-state index is -0.531. The van der Waals surface area contributed by atoms with Gasteiger partial charge in [-0.25, -0.2) is 5.11 Å². The second-order valence-corrected chi connectivity index (χ2v) is 2.27. The molecule has 0 aliphatic heterocycles. The minimum absolute atomic E-state index is 0.531. The molecule has 53 valence electrons. The average molecular weight is 128 g/mol. The van der Waals surface area contributed by atoms with Gasteiger partial charge in [-0.1, -0.05) is 32.3 Å². The maximum Gasteiger partial charge on any atom is 0.111 e. The van der Waals surface area contributed by atoms with Gasteiger partial charge >= 0.3 is 0 Å². The molecule has 0 heterocycles. The fourth-order valence-corrected chi connectivity index (χ4v) is 0.713. The normalized spacial score (nSPS) is 13.1. The summed E-state index contributed by atoms with van der Waals surface area (Å²) in [5, 5.41) is 10.7.